The maximum absolute atomic E-state index is 4.74. The number of nitrogens with one attached hydrogen (secondary N) is 2. The molecule has 4 rings (SSSR count). The van der Waals surface area contributed by atoms with Crippen molar-refractivity contribution in [1.82, 2.24) is 25.3 Å². The number of hydrogen-bond donors (Lipinski definition) is 2. The number of aromatic amines is 1. The number of aryl methyl sites for hydroxylation is 3. The molecule has 2 N–H and O–H groups in total. The van der Waals surface area contributed by atoms with Gasteiger partial charge in [-0.2, -0.15) is 10.2 Å². The number of benzene rings is 1. The number of H-pyrrole nitrogens is 1. The molecule has 0 saturated heterocycles. The normalized spacial score (nSPS) is 15.1. The van der Waals surface area contributed by atoms with Gasteiger partial charge < -0.3 is 5.32 Å². The van der Waals surface area contributed by atoms with Gasteiger partial charge in [-0.1, -0.05) is 43.5 Å². The van der Waals surface area contributed by atoms with Gasteiger partial charge in [-0.05, 0) is 56.7 Å². The standard InChI is InChI=1S/C24H33N5/c1-17-23(18(2)27-26-17)13-14-25-15-22-16-29(3)28-24(22)21-11-9-20(10-12-21)19-7-5-4-6-8-19/h9-12,16,19,25H,4-8,13-15H2,1-3H3,(H,26,27). The summed E-state index contributed by atoms with van der Waals surface area (Å²) >= 11 is 0. The Balaban J connectivity index is 1.40. The van der Waals surface area contributed by atoms with Crippen molar-refractivity contribution in [3.8, 4) is 11.3 Å². The maximum atomic E-state index is 4.74. The van der Waals surface area contributed by atoms with Gasteiger partial charge in [0.25, 0.3) is 0 Å². The summed E-state index contributed by atoms with van der Waals surface area (Å²) in [6.07, 6.45) is 9.95. The minimum Gasteiger partial charge on any atom is -0.312 e. The van der Waals surface area contributed by atoms with Crippen LogP contribution in [-0.4, -0.2) is 26.5 Å². The fourth-order valence-electron chi connectivity index (χ4n) is 4.64. The van der Waals surface area contributed by atoms with E-state index in [9.17, 15) is 0 Å². The molecular formula is C24H33N5. The van der Waals surface area contributed by atoms with Gasteiger partial charge in [0.05, 0.1) is 11.4 Å². The van der Waals surface area contributed by atoms with Crippen LogP contribution in [0.1, 0.15) is 66.1 Å². The van der Waals surface area contributed by atoms with Crippen LogP contribution in [0.4, 0.5) is 0 Å². The SMILES string of the molecule is Cc1n[nH]c(C)c1CCNCc1cn(C)nc1-c1ccc(C2CCCCC2)cc1. The van der Waals surface area contributed by atoms with Gasteiger partial charge in [-0.3, -0.25) is 9.78 Å². The highest BCUT2D eigenvalue weighted by atomic mass is 15.3. The van der Waals surface area contributed by atoms with Crippen LogP contribution in [0.2, 0.25) is 0 Å². The van der Waals surface area contributed by atoms with Crippen LogP contribution < -0.4 is 5.32 Å². The van der Waals surface area contributed by atoms with E-state index in [4.69, 9.17) is 5.10 Å². The van der Waals surface area contributed by atoms with Gasteiger partial charge in [0.2, 0.25) is 0 Å². The number of hydrogen-bond acceptors (Lipinski definition) is 3. The molecule has 1 aromatic carbocycles. The van der Waals surface area contributed by atoms with E-state index >= 15 is 0 Å². The van der Waals surface area contributed by atoms with Crippen LogP contribution >= 0.6 is 0 Å². The van der Waals surface area contributed by atoms with E-state index in [0.29, 0.717) is 0 Å². The Bertz CT molecular complexity index is 909. The molecule has 0 bridgehead atoms. The summed E-state index contributed by atoms with van der Waals surface area (Å²) in [5.74, 6) is 0.748. The summed E-state index contributed by atoms with van der Waals surface area (Å²) in [6.45, 7) is 5.90. The lowest BCUT2D eigenvalue weighted by molar-refractivity contribution is 0.443. The fraction of sp³-hybridized carbons (Fsp3) is 0.500. The number of aromatic nitrogens is 4. The molecule has 154 valence electrons. The van der Waals surface area contributed by atoms with Crippen LogP contribution in [0.25, 0.3) is 11.3 Å². The average Bonchev–Trinajstić information content (AvgIpc) is 3.28. The molecule has 5 nitrogen and oxygen atoms in total. The smallest absolute Gasteiger partial charge is 0.0967 e. The van der Waals surface area contributed by atoms with Crippen molar-refractivity contribution in [1.29, 1.82) is 0 Å². The van der Waals surface area contributed by atoms with E-state index in [2.05, 4.69) is 59.8 Å². The van der Waals surface area contributed by atoms with Crippen molar-refractivity contribution >= 4 is 0 Å². The first kappa shape index (κ1) is 19.9. The quantitative estimate of drug-likeness (QED) is 0.568. The summed E-state index contributed by atoms with van der Waals surface area (Å²) in [6, 6.07) is 9.16. The summed E-state index contributed by atoms with van der Waals surface area (Å²) < 4.78 is 1.92. The maximum Gasteiger partial charge on any atom is 0.0967 e. The van der Waals surface area contributed by atoms with E-state index in [1.54, 1.807) is 0 Å². The van der Waals surface area contributed by atoms with Crippen molar-refractivity contribution in [2.75, 3.05) is 6.54 Å². The van der Waals surface area contributed by atoms with Crippen molar-refractivity contribution in [3.05, 3.63) is 58.5 Å². The minimum atomic E-state index is 0.748. The minimum absolute atomic E-state index is 0.748. The molecular weight excluding hydrogens is 358 g/mol. The van der Waals surface area contributed by atoms with Crippen LogP contribution in [-0.2, 0) is 20.0 Å². The Hall–Kier alpha value is -2.40. The molecule has 0 radical (unpaired) electrons. The first-order chi connectivity index (χ1) is 14.1. The van der Waals surface area contributed by atoms with Gasteiger partial charge in [-0.15, -0.1) is 0 Å². The molecule has 0 aliphatic heterocycles. The second-order valence-electron chi connectivity index (χ2n) is 8.47. The molecule has 5 heteroatoms. The number of rotatable bonds is 7. The van der Waals surface area contributed by atoms with Crippen LogP contribution in [0.15, 0.2) is 30.5 Å². The van der Waals surface area contributed by atoms with E-state index in [0.717, 1.165) is 36.8 Å². The molecule has 0 unspecified atom stereocenters. The summed E-state index contributed by atoms with van der Waals surface area (Å²) in [5.41, 5.74) is 8.64. The van der Waals surface area contributed by atoms with Crippen LogP contribution in [0.5, 0.6) is 0 Å². The zero-order chi connectivity index (χ0) is 20.2. The Kier molecular flexibility index (Phi) is 6.14. The Morgan fingerprint density at radius 2 is 1.86 bits per heavy atom. The van der Waals surface area contributed by atoms with Crippen molar-refractivity contribution < 1.29 is 0 Å². The predicted molar refractivity (Wildman–Crippen MR) is 118 cm³/mol. The van der Waals surface area contributed by atoms with Crippen molar-refractivity contribution in [2.45, 2.75) is 64.8 Å². The average molecular weight is 392 g/mol. The molecule has 1 fully saturated rings. The third kappa shape index (κ3) is 4.61. The monoisotopic (exact) mass is 391 g/mol. The van der Waals surface area contributed by atoms with Gasteiger partial charge in [0, 0.05) is 36.6 Å². The molecule has 0 amide bonds. The highest BCUT2D eigenvalue weighted by Gasteiger charge is 2.16. The van der Waals surface area contributed by atoms with Gasteiger partial charge >= 0.3 is 0 Å². The third-order valence-electron chi connectivity index (χ3n) is 6.31. The molecule has 2 heterocycles. The lowest BCUT2D eigenvalue weighted by Crippen LogP contribution is -2.17. The topological polar surface area (TPSA) is 58.5 Å². The lowest BCUT2D eigenvalue weighted by atomic mass is 9.84. The molecule has 0 spiro atoms. The molecule has 0 atom stereocenters. The summed E-state index contributed by atoms with van der Waals surface area (Å²) in [5, 5.41) is 15.7. The van der Waals surface area contributed by atoms with Crippen LogP contribution in [0, 0.1) is 13.8 Å². The summed E-state index contributed by atoms with van der Waals surface area (Å²) in [7, 11) is 2.00. The van der Waals surface area contributed by atoms with Crippen molar-refractivity contribution in [2.24, 2.45) is 7.05 Å². The number of nitrogens with zero attached hydrogens (tertiary/aromatic N) is 3. The van der Waals surface area contributed by atoms with Crippen LogP contribution in [0.3, 0.4) is 0 Å². The highest BCUT2D eigenvalue weighted by Crippen LogP contribution is 2.33. The molecule has 2 aromatic heterocycles. The first-order valence-corrected chi connectivity index (χ1v) is 11.0. The van der Waals surface area contributed by atoms with Crippen molar-refractivity contribution in [3.63, 3.8) is 0 Å². The van der Waals surface area contributed by atoms with Gasteiger partial charge in [-0.25, -0.2) is 0 Å². The largest absolute Gasteiger partial charge is 0.312 e. The third-order valence-corrected chi connectivity index (χ3v) is 6.31. The Morgan fingerprint density at radius 3 is 2.55 bits per heavy atom. The van der Waals surface area contributed by atoms with Gasteiger partial charge in [0.15, 0.2) is 0 Å². The molecule has 1 aliphatic rings. The Labute approximate surface area is 173 Å². The zero-order valence-corrected chi connectivity index (χ0v) is 18.0. The molecule has 29 heavy (non-hydrogen) atoms. The summed E-state index contributed by atoms with van der Waals surface area (Å²) in [4.78, 5) is 0. The van der Waals surface area contributed by atoms with Gasteiger partial charge in [0.1, 0.15) is 0 Å². The second-order valence-corrected chi connectivity index (χ2v) is 8.47. The van der Waals surface area contributed by atoms with E-state index < -0.39 is 0 Å². The second kappa shape index (κ2) is 8.95. The predicted octanol–water partition coefficient (Wildman–Crippen LogP) is 4.81. The van der Waals surface area contributed by atoms with E-state index in [1.165, 1.54) is 60.1 Å². The highest BCUT2D eigenvalue weighted by molar-refractivity contribution is 5.63. The molecule has 3 aromatic rings. The van der Waals surface area contributed by atoms with E-state index in [1.807, 2.05) is 11.7 Å². The lowest BCUT2D eigenvalue weighted by Gasteiger charge is -2.22. The first-order valence-electron chi connectivity index (χ1n) is 11.0. The zero-order valence-electron chi connectivity index (χ0n) is 18.0. The Morgan fingerprint density at radius 1 is 1.10 bits per heavy atom. The fourth-order valence-corrected chi connectivity index (χ4v) is 4.64. The molecule has 1 aliphatic carbocycles. The van der Waals surface area contributed by atoms with E-state index in [-0.39, 0.29) is 0 Å². The molecule has 1 saturated carbocycles.